The van der Waals surface area contributed by atoms with E-state index >= 15 is 0 Å². The Morgan fingerprint density at radius 1 is 1.53 bits per heavy atom. The molecule has 6 nitrogen and oxygen atoms in total. The maximum absolute atomic E-state index is 13.0. The van der Waals surface area contributed by atoms with E-state index in [1.54, 1.807) is 6.07 Å². The summed E-state index contributed by atoms with van der Waals surface area (Å²) in [5.41, 5.74) is 0.817. The monoisotopic (exact) mass is 282 g/mol. The summed E-state index contributed by atoms with van der Waals surface area (Å²) in [5, 5.41) is 11.5. The first kappa shape index (κ1) is 13.5. The van der Waals surface area contributed by atoms with Gasteiger partial charge in [0.25, 0.3) is 0 Å². The number of halogens is 1. The predicted molar refractivity (Wildman–Crippen MR) is 65.8 cm³/mol. The van der Waals surface area contributed by atoms with Gasteiger partial charge < -0.3 is 4.74 Å². The summed E-state index contributed by atoms with van der Waals surface area (Å²) >= 11 is 1.32. The van der Waals surface area contributed by atoms with E-state index in [2.05, 4.69) is 20.3 Å². The number of hydrogen-bond acceptors (Lipinski definition) is 6. The van der Waals surface area contributed by atoms with Gasteiger partial charge in [0.1, 0.15) is 12.4 Å². The Balaban J connectivity index is 2.00. The van der Waals surface area contributed by atoms with Crippen LogP contribution in [0.4, 0.5) is 4.39 Å². The minimum Gasteiger partial charge on any atom is -0.468 e. The number of methoxy groups -OCH3 is 1. The zero-order valence-corrected chi connectivity index (χ0v) is 10.9. The van der Waals surface area contributed by atoms with Crippen molar-refractivity contribution in [3.8, 4) is 0 Å². The first-order valence-electron chi connectivity index (χ1n) is 5.39. The van der Waals surface area contributed by atoms with Crippen LogP contribution >= 0.6 is 11.8 Å². The highest BCUT2D eigenvalue weighted by Gasteiger charge is 2.11. The molecule has 0 aliphatic rings. The van der Waals surface area contributed by atoms with Crippen molar-refractivity contribution in [2.45, 2.75) is 17.5 Å². The molecule has 100 valence electrons. The Morgan fingerprint density at radius 3 is 3.11 bits per heavy atom. The first-order chi connectivity index (χ1) is 9.19. The number of hydrogen-bond donors (Lipinski definition) is 0. The summed E-state index contributed by atoms with van der Waals surface area (Å²) in [6.45, 7) is -0.0466. The van der Waals surface area contributed by atoms with Gasteiger partial charge in [-0.3, -0.25) is 4.79 Å². The lowest BCUT2D eigenvalue weighted by Gasteiger charge is -2.03. The molecule has 1 heterocycles. The van der Waals surface area contributed by atoms with Crippen LogP contribution in [0.25, 0.3) is 0 Å². The first-order valence-corrected chi connectivity index (χ1v) is 6.38. The van der Waals surface area contributed by atoms with Crippen molar-refractivity contribution in [2.75, 3.05) is 7.11 Å². The molecule has 8 heteroatoms. The summed E-state index contributed by atoms with van der Waals surface area (Å²) in [4.78, 5) is 11.2. The van der Waals surface area contributed by atoms with Gasteiger partial charge in [-0.25, -0.2) is 9.07 Å². The zero-order chi connectivity index (χ0) is 13.7. The predicted octanol–water partition coefficient (Wildman–Crippen LogP) is 1.28. The number of carbonyl (C=O) groups excluding carboxylic acids is 1. The van der Waals surface area contributed by atoms with Gasteiger partial charge in [0.2, 0.25) is 5.16 Å². The van der Waals surface area contributed by atoms with Crippen molar-refractivity contribution in [3.05, 3.63) is 35.6 Å². The number of benzene rings is 1. The van der Waals surface area contributed by atoms with E-state index in [-0.39, 0.29) is 12.4 Å². The van der Waals surface area contributed by atoms with Crippen molar-refractivity contribution in [1.29, 1.82) is 0 Å². The van der Waals surface area contributed by atoms with E-state index < -0.39 is 5.97 Å². The van der Waals surface area contributed by atoms with E-state index in [4.69, 9.17) is 0 Å². The fourth-order valence-electron chi connectivity index (χ4n) is 1.36. The van der Waals surface area contributed by atoms with Gasteiger partial charge >= 0.3 is 5.97 Å². The number of rotatable bonds is 5. The van der Waals surface area contributed by atoms with Gasteiger partial charge in [-0.1, -0.05) is 23.9 Å². The third kappa shape index (κ3) is 3.75. The number of esters is 1. The number of tetrazole rings is 1. The Hall–Kier alpha value is -1.96. The molecular weight excluding hydrogens is 271 g/mol. The molecule has 0 spiro atoms. The van der Waals surface area contributed by atoms with Crippen LogP contribution in [0.1, 0.15) is 5.56 Å². The van der Waals surface area contributed by atoms with Crippen LogP contribution in [-0.4, -0.2) is 33.3 Å². The second-order valence-electron chi connectivity index (χ2n) is 3.61. The van der Waals surface area contributed by atoms with Gasteiger partial charge in [-0.2, -0.15) is 0 Å². The summed E-state index contributed by atoms with van der Waals surface area (Å²) in [5.74, 6) is -0.202. The van der Waals surface area contributed by atoms with E-state index in [1.165, 1.54) is 35.7 Å². The highest BCUT2D eigenvalue weighted by atomic mass is 32.2. The van der Waals surface area contributed by atoms with Crippen LogP contribution in [-0.2, 0) is 21.8 Å². The molecule has 0 aliphatic heterocycles. The molecule has 0 unspecified atom stereocenters. The molecule has 0 saturated carbocycles. The number of aromatic nitrogens is 4. The maximum Gasteiger partial charge on any atom is 0.327 e. The number of nitrogens with zero attached hydrogens (tertiary/aromatic N) is 4. The molecule has 0 N–H and O–H groups in total. The molecule has 19 heavy (non-hydrogen) atoms. The lowest BCUT2D eigenvalue weighted by molar-refractivity contribution is -0.141. The van der Waals surface area contributed by atoms with Crippen LogP contribution in [0.5, 0.6) is 0 Å². The Labute approximate surface area is 112 Å². The molecular formula is C11H11FN4O2S. The van der Waals surface area contributed by atoms with Gasteiger partial charge in [-0.05, 0) is 28.1 Å². The third-order valence-corrected chi connectivity index (χ3v) is 3.29. The molecule has 0 radical (unpaired) electrons. The highest BCUT2D eigenvalue weighted by molar-refractivity contribution is 7.98. The van der Waals surface area contributed by atoms with Gasteiger partial charge in [0.15, 0.2) is 0 Å². The number of carbonyl (C=O) groups is 1. The fraction of sp³-hybridized carbons (Fsp3) is 0.273. The Morgan fingerprint density at radius 2 is 2.37 bits per heavy atom. The van der Waals surface area contributed by atoms with Crippen LogP contribution < -0.4 is 0 Å². The van der Waals surface area contributed by atoms with Crippen molar-refractivity contribution >= 4 is 17.7 Å². The molecule has 0 amide bonds. The Bertz CT molecular complexity index is 575. The minimum atomic E-state index is -0.431. The van der Waals surface area contributed by atoms with E-state index in [0.717, 1.165) is 5.56 Å². The summed E-state index contributed by atoms with van der Waals surface area (Å²) in [6, 6.07) is 6.28. The minimum absolute atomic E-state index is 0.0466. The van der Waals surface area contributed by atoms with Gasteiger partial charge in [0, 0.05) is 5.75 Å². The van der Waals surface area contributed by atoms with E-state index in [9.17, 15) is 9.18 Å². The molecule has 0 aliphatic carbocycles. The van der Waals surface area contributed by atoms with Crippen molar-refractivity contribution in [1.82, 2.24) is 20.2 Å². The number of ether oxygens (including phenoxy) is 1. The summed E-state index contributed by atoms with van der Waals surface area (Å²) in [7, 11) is 1.30. The molecule has 0 saturated heterocycles. The molecule has 0 fully saturated rings. The van der Waals surface area contributed by atoms with Crippen LogP contribution in [0.15, 0.2) is 29.4 Å². The zero-order valence-electron chi connectivity index (χ0n) is 10.1. The third-order valence-electron chi connectivity index (χ3n) is 2.26. The van der Waals surface area contributed by atoms with E-state index in [1.807, 2.05) is 6.07 Å². The number of thioether (sulfide) groups is 1. The molecule has 2 rings (SSSR count). The largest absolute Gasteiger partial charge is 0.468 e. The lowest BCUT2D eigenvalue weighted by Crippen LogP contribution is -2.13. The smallest absolute Gasteiger partial charge is 0.327 e. The average Bonchev–Trinajstić information content (AvgIpc) is 2.83. The van der Waals surface area contributed by atoms with Crippen molar-refractivity contribution in [3.63, 3.8) is 0 Å². The quantitative estimate of drug-likeness (QED) is 0.607. The van der Waals surface area contributed by atoms with Crippen LogP contribution in [0, 0.1) is 5.82 Å². The lowest BCUT2D eigenvalue weighted by atomic mass is 10.2. The topological polar surface area (TPSA) is 69.9 Å². The molecule has 0 bridgehead atoms. The summed E-state index contributed by atoms with van der Waals surface area (Å²) < 4.78 is 18.9. The van der Waals surface area contributed by atoms with Crippen molar-refractivity contribution in [2.24, 2.45) is 0 Å². The second kappa shape index (κ2) is 6.28. The molecule has 1 aromatic heterocycles. The molecule has 2 aromatic rings. The van der Waals surface area contributed by atoms with Crippen LogP contribution in [0.3, 0.4) is 0 Å². The summed E-state index contributed by atoms with van der Waals surface area (Å²) in [6.07, 6.45) is 0. The molecule has 1 aromatic carbocycles. The van der Waals surface area contributed by atoms with Crippen molar-refractivity contribution < 1.29 is 13.9 Å². The fourth-order valence-corrected chi connectivity index (χ4v) is 2.18. The maximum atomic E-state index is 13.0. The van der Waals surface area contributed by atoms with Crippen LogP contribution in [0.2, 0.25) is 0 Å². The molecule has 0 atom stereocenters. The SMILES string of the molecule is COC(=O)Cn1nnnc1SCc1cccc(F)c1. The average molecular weight is 282 g/mol. The second-order valence-corrected chi connectivity index (χ2v) is 4.56. The van der Waals surface area contributed by atoms with Gasteiger partial charge in [-0.15, -0.1) is 5.10 Å². The van der Waals surface area contributed by atoms with Gasteiger partial charge in [0.05, 0.1) is 7.11 Å². The van der Waals surface area contributed by atoms with E-state index in [0.29, 0.717) is 10.9 Å². The highest BCUT2D eigenvalue weighted by Crippen LogP contribution is 2.20. The standard InChI is InChI=1S/C11H11FN4O2S/c1-18-10(17)6-16-11(13-14-15-16)19-7-8-3-2-4-9(12)5-8/h2-5H,6-7H2,1H3. The Kier molecular flexibility index (Phi) is 4.45. The normalized spacial score (nSPS) is 10.4.